The van der Waals surface area contributed by atoms with Crippen LogP contribution >= 0.6 is 11.8 Å². The minimum absolute atomic E-state index is 0.119. The van der Waals surface area contributed by atoms with Crippen molar-refractivity contribution in [1.82, 2.24) is 0 Å². The zero-order valence-corrected chi connectivity index (χ0v) is 11.6. The molecule has 0 aliphatic heterocycles. The van der Waals surface area contributed by atoms with E-state index in [-0.39, 0.29) is 5.41 Å². The van der Waals surface area contributed by atoms with Crippen LogP contribution in [0.1, 0.15) is 53.9 Å². The van der Waals surface area contributed by atoms with Crippen molar-refractivity contribution in [2.75, 3.05) is 5.75 Å². The van der Waals surface area contributed by atoms with E-state index in [2.05, 4.69) is 20.8 Å². The predicted molar refractivity (Wildman–Crippen MR) is 71.8 cm³/mol. The average Bonchev–Trinajstić information content (AvgIpc) is 2.00. The molecular formula is C12H26N2S. The van der Waals surface area contributed by atoms with Gasteiger partial charge >= 0.3 is 0 Å². The molecule has 0 spiro atoms. The molecule has 0 fully saturated rings. The summed E-state index contributed by atoms with van der Waals surface area (Å²) >= 11 is 2.01. The summed E-state index contributed by atoms with van der Waals surface area (Å²) in [4.78, 5) is 0. The molecule has 15 heavy (non-hydrogen) atoms. The summed E-state index contributed by atoms with van der Waals surface area (Å²) < 4.78 is 0.371. The highest BCUT2D eigenvalue weighted by molar-refractivity contribution is 8.00. The number of hydrogen-bond acceptors (Lipinski definition) is 2. The molecule has 2 nitrogen and oxygen atoms in total. The van der Waals surface area contributed by atoms with Gasteiger partial charge in [-0.1, -0.05) is 41.0 Å². The van der Waals surface area contributed by atoms with Gasteiger partial charge in [-0.15, -0.1) is 0 Å². The maximum atomic E-state index is 7.45. The highest BCUT2D eigenvalue weighted by Crippen LogP contribution is 2.27. The van der Waals surface area contributed by atoms with E-state index in [0.29, 0.717) is 10.6 Å². The normalized spacial score (nSPS) is 12.9. The Kier molecular flexibility index (Phi) is 5.71. The van der Waals surface area contributed by atoms with Gasteiger partial charge in [-0.25, -0.2) is 0 Å². The number of hydrogen-bond donors (Lipinski definition) is 2. The van der Waals surface area contributed by atoms with E-state index in [0.717, 1.165) is 12.8 Å². The van der Waals surface area contributed by atoms with Crippen molar-refractivity contribution in [3.8, 4) is 0 Å². The Balaban J connectivity index is 3.60. The zero-order chi connectivity index (χ0) is 12.1. The number of thioether (sulfide) groups is 1. The number of nitrogens with two attached hydrogens (primary N) is 1. The molecular weight excluding hydrogens is 204 g/mol. The standard InChI is InChI=1S/C12H26N2S/c1-11(2,3)15-9-7-6-8-12(4,5)10(13)14/h6-9H2,1-5H3,(H3,13,14). The maximum absolute atomic E-state index is 7.45. The fourth-order valence-electron chi connectivity index (χ4n) is 1.18. The monoisotopic (exact) mass is 230 g/mol. The largest absolute Gasteiger partial charge is 0.387 e. The molecule has 0 aromatic carbocycles. The molecule has 0 aliphatic carbocycles. The van der Waals surface area contributed by atoms with Gasteiger partial charge in [-0.2, -0.15) is 11.8 Å². The van der Waals surface area contributed by atoms with Gasteiger partial charge in [-0.05, 0) is 18.6 Å². The Morgan fingerprint density at radius 2 is 1.67 bits per heavy atom. The lowest BCUT2D eigenvalue weighted by molar-refractivity contribution is 0.448. The third kappa shape index (κ3) is 7.71. The molecule has 0 aromatic rings. The van der Waals surface area contributed by atoms with Gasteiger partial charge in [0.05, 0.1) is 5.84 Å². The first-order valence-corrected chi connectivity index (χ1v) is 6.62. The smallest absolute Gasteiger partial charge is 0.0963 e. The summed E-state index contributed by atoms with van der Waals surface area (Å²) in [5, 5.41) is 7.45. The van der Waals surface area contributed by atoms with Crippen molar-refractivity contribution >= 4 is 17.6 Å². The molecule has 0 radical (unpaired) electrons. The molecule has 3 heteroatoms. The second-order valence-corrected chi connectivity index (χ2v) is 7.64. The zero-order valence-electron chi connectivity index (χ0n) is 10.8. The number of nitrogens with one attached hydrogen (secondary N) is 1. The molecule has 0 bridgehead atoms. The maximum Gasteiger partial charge on any atom is 0.0963 e. The van der Waals surface area contributed by atoms with Gasteiger partial charge in [0.1, 0.15) is 0 Å². The van der Waals surface area contributed by atoms with Crippen molar-refractivity contribution in [3.63, 3.8) is 0 Å². The summed E-state index contributed by atoms with van der Waals surface area (Å²) in [5.74, 6) is 1.52. The first-order chi connectivity index (χ1) is 6.65. The van der Waals surface area contributed by atoms with Gasteiger partial charge in [-0.3, -0.25) is 5.41 Å². The van der Waals surface area contributed by atoms with Crippen molar-refractivity contribution in [3.05, 3.63) is 0 Å². The molecule has 0 saturated heterocycles. The van der Waals surface area contributed by atoms with E-state index >= 15 is 0 Å². The average molecular weight is 230 g/mol. The van der Waals surface area contributed by atoms with Crippen molar-refractivity contribution in [2.24, 2.45) is 11.1 Å². The van der Waals surface area contributed by atoms with Crippen LogP contribution in [0.2, 0.25) is 0 Å². The summed E-state index contributed by atoms with van der Waals surface area (Å²) in [7, 11) is 0. The first-order valence-electron chi connectivity index (χ1n) is 5.64. The Morgan fingerprint density at radius 1 is 1.13 bits per heavy atom. The molecule has 0 aliphatic rings. The van der Waals surface area contributed by atoms with Gasteiger partial charge in [0.15, 0.2) is 0 Å². The van der Waals surface area contributed by atoms with Crippen LogP contribution in [-0.4, -0.2) is 16.3 Å². The second-order valence-electron chi connectivity index (χ2n) is 5.72. The molecule has 90 valence electrons. The lowest BCUT2D eigenvalue weighted by atomic mass is 9.86. The Bertz CT molecular complexity index is 204. The first kappa shape index (κ1) is 14.8. The molecule has 3 N–H and O–H groups in total. The van der Waals surface area contributed by atoms with Crippen molar-refractivity contribution < 1.29 is 0 Å². The number of unbranched alkanes of at least 4 members (excludes halogenated alkanes) is 1. The lowest BCUT2D eigenvalue weighted by Crippen LogP contribution is -2.30. The van der Waals surface area contributed by atoms with Gasteiger partial charge < -0.3 is 5.73 Å². The SMILES string of the molecule is CC(C)(C)SCCCCC(C)(C)C(=N)N. The summed E-state index contributed by atoms with van der Waals surface area (Å²) in [6.07, 6.45) is 3.40. The third-order valence-electron chi connectivity index (χ3n) is 2.46. The van der Waals surface area contributed by atoms with Gasteiger partial charge in [0.25, 0.3) is 0 Å². The van der Waals surface area contributed by atoms with Crippen molar-refractivity contribution in [1.29, 1.82) is 5.41 Å². The molecule has 0 rings (SSSR count). The number of amidine groups is 1. The predicted octanol–water partition coefficient (Wildman–Crippen LogP) is 3.65. The van der Waals surface area contributed by atoms with E-state index in [1.807, 2.05) is 25.6 Å². The molecule has 0 heterocycles. The number of rotatable bonds is 6. The Morgan fingerprint density at radius 3 is 2.07 bits per heavy atom. The van der Waals surface area contributed by atoms with Crippen LogP contribution in [0.5, 0.6) is 0 Å². The van der Waals surface area contributed by atoms with E-state index in [1.54, 1.807) is 0 Å². The Hall–Kier alpha value is -0.180. The minimum Gasteiger partial charge on any atom is -0.387 e. The molecule has 0 unspecified atom stereocenters. The third-order valence-corrected chi connectivity index (χ3v) is 3.82. The van der Waals surface area contributed by atoms with E-state index in [1.165, 1.54) is 12.2 Å². The van der Waals surface area contributed by atoms with Crippen LogP contribution in [0.3, 0.4) is 0 Å². The van der Waals surface area contributed by atoms with Crippen molar-refractivity contribution in [2.45, 2.75) is 58.6 Å². The van der Waals surface area contributed by atoms with E-state index < -0.39 is 0 Å². The highest BCUT2D eigenvalue weighted by atomic mass is 32.2. The molecule has 0 aromatic heterocycles. The van der Waals surface area contributed by atoms with Crippen LogP contribution in [0.25, 0.3) is 0 Å². The van der Waals surface area contributed by atoms with Crippen LogP contribution in [0.15, 0.2) is 0 Å². The quantitative estimate of drug-likeness (QED) is 0.416. The molecule has 0 amide bonds. The minimum atomic E-state index is -0.119. The van der Waals surface area contributed by atoms with Crippen LogP contribution < -0.4 is 5.73 Å². The summed E-state index contributed by atoms with van der Waals surface area (Å²) in [5.41, 5.74) is 5.41. The fraction of sp³-hybridized carbons (Fsp3) is 0.917. The van der Waals surface area contributed by atoms with Gasteiger partial charge in [0.2, 0.25) is 0 Å². The van der Waals surface area contributed by atoms with Gasteiger partial charge in [0, 0.05) is 10.2 Å². The topological polar surface area (TPSA) is 49.9 Å². The van der Waals surface area contributed by atoms with Crippen LogP contribution in [0.4, 0.5) is 0 Å². The van der Waals surface area contributed by atoms with E-state index in [4.69, 9.17) is 11.1 Å². The molecule has 0 saturated carbocycles. The van der Waals surface area contributed by atoms with Crippen LogP contribution in [0, 0.1) is 10.8 Å². The summed E-state index contributed by atoms with van der Waals surface area (Å²) in [6, 6.07) is 0. The fourth-order valence-corrected chi connectivity index (χ4v) is 2.14. The summed E-state index contributed by atoms with van der Waals surface area (Å²) in [6.45, 7) is 10.8. The van der Waals surface area contributed by atoms with E-state index in [9.17, 15) is 0 Å². The second kappa shape index (κ2) is 5.78. The van der Waals surface area contributed by atoms with Crippen LogP contribution in [-0.2, 0) is 0 Å². The Labute approximate surface area is 98.9 Å². The highest BCUT2D eigenvalue weighted by Gasteiger charge is 2.20. The molecule has 0 atom stereocenters. The lowest BCUT2D eigenvalue weighted by Gasteiger charge is -2.23.